The normalized spacial score (nSPS) is 16.3. The standard InChI is InChI=1S/C26H29N3O2/c30-25(27-14-18-28-15-5-2-6-16-28)20-29-17-13-23-19-22(11-12-24(23)26(29)31)10-9-21-7-3-1-4-8-21/h1,3-4,7-8,11-12,19H,2,5-6,13-18,20H2,(H,27,30). The molecular weight excluding hydrogens is 386 g/mol. The van der Waals surface area contributed by atoms with E-state index in [1.165, 1.54) is 19.3 Å². The number of nitrogens with one attached hydrogen (secondary N) is 1. The summed E-state index contributed by atoms with van der Waals surface area (Å²) >= 11 is 0. The third-order valence-corrected chi connectivity index (χ3v) is 5.93. The van der Waals surface area contributed by atoms with Crippen LogP contribution in [0, 0.1) is 11.8 Å². The van der Waals surface area contributed by atoms with Crippen LogP contribution in [0.3, 0.4) is 0 Å². The summed E-state index contributed by atoms with van der Waals surface area (Å²) in [5.74, 6) is 6.17. The Labute approximate surface area is 184 Å². The highest BCUT2D eigenvalue weighted by Crippen LogP contribution is 2.20. The number of carbonyl (C=O) groups is 2. The average molecular weight is 416 g/mol. The number of amides is 2. The molecule has 0 bridgehead atoms. The molecule has 160 valence electrons. The van der Waals surface area contributed by atoms with Crippen molar-refractivity contribution in [3.05, 3.63) is 70.8 Å². The maximum atomic E-state index is 12.9. The number of fused-ring (bicyclic) bond motifs is 1. The maximum Gasteiger partial charge on any atom is 0.254 e. The highest BCUT2D eigenvalue weighted by Gasteiger charge is 2.25. The second-order valence-corrected chi connectivity index (χ2v) is 8.22. The lowest BCUT2D eigenvalue weighted by atomic mass is 9.96. The number of hydrogen-bond acceptors (Lipinski definition) is 3. The fourth-order valence-electron chi connectivity index (χ4n) is 4.20. The van der Waals surface area contributed by atoms with Crippen LogP contribution in [0.15, 0.2) is 48.5 Å². The Hall–Kier alpha value is -3.10. The molecule has 0 aliphatic carbocycles. The Kier molecular flexibility index (Phi) is 7.01. The molecule has 0 atom stereocenters. The van der Waals surface area contributed by atoms with E-state index < -0.39 is 0 Å². The van der Waals surface area contributed by atoms with E-state index >= 15 is 0 Å². The van der Waals surface area contributed by atoms with Crippen molar-refractivity contribution in [3.63, 3.8) is 0 Å². The average Bonchev–Trinajstić information content (AvgIpc) is 2.81. The molecule has 5 nitrogen and oxygen atoms in total. The Bertz CT molecular complexity index is 985. The van der Waals surface area contributed by atoms with Gasteiger partial charge in [0, 0.05) is 36.3 Å². The molecule has 0 spiro atoms. The van der Waals surface area contributed by atoms with Gasteiger partial charge in [0.1, 0.15) is 0 Å². The summed E-state index contributed by atoms with van der Waals surface area (Å²) in [7, 11) is 0. The first kappa shape index (κ1) is 21.1. The second kappa shape index (κ2) is 10.3. The van der Waals surface area contributed by atoms with E-state index in [0.29, 0.717) is 18.7 Å². The largest absolute Gasteiger partial charge is 0.353 e. The van der Waals surface area contributed by atoms with E-state index in [4.69, 9.17) is 0 Å². The molecule has 1 N–H and O–H groups in total. The Balaban J connectivity index is 1.31. The minimum absolute atomic E-state index is 0.0741. The molecule has 2 aromatic rings. The van der Waals surface area contributed by atoms with Gasteiger partial charge in [-0.2, -0.15) is 0 Å². The lowest BCUT2D eigenvalue weighted by Crippen LogP contribution is -2.45. The van der Waals surface area contributed by atoms with Gasteiger partial charge in [0.25, 0.3) is 5.91 Å². The molecule has 5 heteroatoms. The Morgan fingerprint density at radius 1 is 0.935 bits per heavy atom. The highest BCUT2D eigenvalue weighted by atomic mass is 16.2. The number of rotatable bonds is 5. The molecule has 1 fully saturated rings. The molecule has 31 heavy (non-hydrogen) atoms. The van der Waals surface area contributed by atoms with Gasteiger partial charge in [0.05, 0.1) is 6.54 Å². The quantitative estimate of drug-likeness (QED) is 0.764. The predicted octanol–water partition coefficient (Wildman–Crippen LogP) is 2.69. The van der Waals surface area contributed by atoms with E-state index in [1.54, 1.807) is 4.90 Å². The van der Waals surface area contributed by atoms with Gasteiger partial charge in [-0.1, -0.05) is 36.5 Å². The van der Waals surface area contributed by atoms with Crippen molar-refractivity contribution in [1.29, 1.82) is 0 Å². The predicted molar refractivity (Wildman–Crippen MR) is 122 cm³/mol. The summed E-state index contributed by atoms with van der Waals surface area (Å²) < 4.78 is 0. The van der Waals surface area contributed by atoms with Crippen molar-refractivity contribution in [2.45, 2.75) is 25.7 Å². The minimum atomic E-state index is -0.0841. The zero-order valence-corrected chi connectivity index (χ0v) is 17.9. The summed E-state index contributed by atoms with van der Waals surface area (Å²) in [6.07, 6.45) is 4.54. The van der Waals surface area contributed by atoms with Crippen molar-refractivity contribution in [3.8, 4) is 11.8 Å². The zero-order valence-electron chi connectivity index (χ0n) is 17.9. The number of carbonyl (C=O) groups excluding carboxylic acids is 2. The fourth-order valence-corrected chi connectivity index (χ4v) is 4.20. The van der Waals surface area contributed by atoms with E-state index in [1.807, 2.05) is 48.5 Å². The molecular formula is C26H29N3O2. The number of likely N-dealkylation sites (tertiary alicyclic amines) is 1. The second-order valence-electron chi connectivity index (χ2n) is 8.22. The summed E-state index contributed by atoms with van der Waals surface area (Å²) in [4.78, 5) is 29.2. The minimum Gasteiger partial charge on any atom is -0.353 e. The first-order valence-corrected chi connectivity index (χ1v) is 11.2. The first-order chi connectivity index (χ1) is 15.2. The molecule has 2 amide bonds. The molecule has 0 aromatic heterocycles. The molecule has 0 saturated carbocycles. The number of hydrogen-bond donors (Lipinski definition) is 1. The Morgan fingerprint density at radius 3 is 2.52 bits per heavy atom. The van der Waals surface area contributed by atoms with Crippen LogP contribution < -0.4 is 5.32 Å². The summed E-state index contributed by atoms with van der Waals surface area (Å²) in [6.45, 7) is 4.44. The van der Waals surface area contributed by atoms with Gasteiger partial charge in [-0.05, 0) is 68.2 Å². The van der Waals surface area contributed by atoms with Crippen molar-refractivity contribution in [2.24, 2.45) is 0 Å². The van der Waals surface area contributed by atoms with Crippen LogP contribution in [0.4, 0.5) is 0 Å². The summed E-state index contributed by atoms with van der Waals surface area (Å²) in [5, 5.41) is 2.97. The molecule has 2 aromatic carbocycles. The highest BCUT2D eigenvalue weighted by molar-refractivity contribution is 5.98. The molecule has 4 rings (SSSR count). The third kappa shape index (κ3) is 5.74. The van der Waals surface area contributed by atoms with Gasteiger partial charge >= 0.3 is 0 Å². The van der Waals surface area contributed by atoms with Gasteiger partial charge in [0.2, 0.25) is 5.91 Å². The van der Waals surface area contributed by atoms with Gasteiger partial charge in [0.15, 0.2) is 0 Å². The van der Waals surface area contributed by atoms with Gasteiger partial charge in [-0.3, -0.25) is 9.59 Å². The molecule has 0 unspecified atom stereocenters. The van der Waals surface area contributed by atoms with E-state index in [9.17, 15) is 9.59 Å². The van der Waals surface area contributed by atoms with Crippen LogP contribution in [-0.2, 0) is 11.2 Å². The third-order valence-electron chi connectivity index (χ3n) is 5.93. The lowest BCUT2D eigenvalue weighted by Gasteiger charge is -2.29. The number of piperidine rings is 1. The lowest BCUT2D eigenvalue weighted by molar-refractivity contribution is -0.121. The first-order valence-electron chi connectivity index (χ1n) is 11.2. The van der Waals surface area contributed by atoms with E-state index in [-0.39, 0.29) is 18.4 Å². The summed E-state index contributed by atoms with van der Waals surface area (Å²) in [5.41, 5.74) is 3.55. The topological polar surface area (TPSA) is 52.7 Å². The molecule has 2 aliphatic heterocycles. The molecule has 2 heterocycles. The molecule has 2 aliphatic rings. The number of benzene rings is 2. The number of nitrogens with zero attached hydrogens (tertiary/aromatic N) is 2. The van der Waals surface area contributed by atoms with Crippen molar-refractivity contribution in [1.82, 2.24) is 15.1 Å². The zero-order chi connectivity index (χ0) is 21.5. The maximum absolute atomic E-state index is 12.9. The van der Waals surface area contributed by atoms with Crippen LogP contribution in [0.1, 0.15) is 46.3 Å². The van der Waals surface area contributed by atoms with Crippen LogP contribution in [-0.4, -0.2) is 60.9 Å². The van der Waals surface area contributed by atoms with Crippen LogP contribution in [0.2, 0.25) is 0 Å². The molecule has 1 saturated heterocycles. The Morgan fingerprint density at radius 2 is 1.71 bits per heavy atom. The monoisotopic (exact) mass is 415 g/mol. The van der Waals surface area contributed by atoms with E-state index in [2.05, 4.69) is 22.1 Å². The molecule has 0 radical (unpaired) electrons. The smallest absolute Gasteiger partial charge is 0.254 e. The SMILES string of the molecule is O=C(CN1CCc2cc(C#Cc3ccccc3)ccc2C1=O)NCCN1CCCCC1. The van der Waals surface area contributed by atoms with Gasteiger partial charge in [-0.15, -0.1) is 0 Å². The van der Waals surface area contributed by atoms with E-state index in [0.717, 1.165) is 42.7 Å². The van der Waals surface area contributed by atoms with Crippen molar-refractivity contribution >= 4 is 11.8 Å². The van der Waals surface area contributed by atoms with Crippen LogP contribution in [0.25, 0.3) is 0 Å². The summed E-state index contributed by atoms with van der Waals surface area (Å²) in [6, 6.07) is 15.6. The van der Waals surface area contributed by atoms with Crippen LogP contribution >= 0.6 is 0 Å². The van der Waals surface area contributed by atoms with Crippen LogP contribution in [0.5, 0.6) is 0 Å². The van der Waals surface area contributed by atoms with Gasteiger partial charge in [-0.25, -0.2) is 0 Å². The van der Waals surface area contributed by atoms with Crippen molar-refractivity contribution < 1.29 is 9.59 Å². The van der Waals surface area contributed by atoms with Gasteiger partial charge < -0.3 is 15.1 Å². The fraction of sp³-hybridized carbons (Fsp3) is 0.385. The van der Waals surface area contributed by atoms with Crippen molar-refractivity contribution in [2.75, 3.05) is 39.3 Å².